The first kappa shape index (κ1) is 19.8. The molecule has 0 fully saturated rings. The van der Waals surface area contributed by atoms with Gasteiger partial charge in [-0.1, -0.05) is 18.2 Å². The average molecular weight is 393 g/mol. The number of non-ortho nitro benzene ring substituents is 1. The van der Waals surface area contributed by atoms with Crippen molar-refractivity contribution in [3.8, 4) is 0 Å². The fraction of sp³-hybridized carbons (Fsp3) is 0.143. The molecular weight excluding hydrogens is 374 g/mol. The second-order valence-electron chi connectivity index (χ2n) is 6.47. The molecule has 0 aliphatic heterocycles. The van der Waals surface area contributed by atoms with Gasteiger partial charge in [-0.15, -0.1) is 0 Å². The molecule has 1 aromatic heterocycles. The topological polar surface area (TPSA) is 106 Å². The van der Waals surface area contributed by atoms with Crippen LogP contribution in [0.25, 0.3) is 0 Å². The second kappa shape index (κ2) is 8.83. The van der Waals surface area contributed by atoms with Gasteiger partial charge in [0.25, 0.3) is 11.6 Å². The Balaban J connectivity index is 1.80. The Morgan fingerprint density at radius 2 is 1.90 bits per heavy atom. The molecule has 1 N–H and O–H groups in total. The van der Waals surface area contributed by atoms with Crippen LogP contribution in [0, 0.1) is 17.0 Å². The summed E-state index contributed by atoms with van der Waals surface area (Å²) in [6.07, 6.45) is 1.47. The standard InChI is InChI=1S/C21H19N3O5/c1-15-5-2-7-17(11-15)22-20(25)14-23(13-19-9-4-10-29-19)21(26)16-6-3-8-18(12-16)24(27)28/h2-12H,13-14H2,1H3,(H,22,25). The van der Waals surface area contributed by atoms with Gasteiger partial charge in [0.05, 0.1) is 17.7 Å². The predicted octanol–water partition coefficient (Wildman–Crippen LogP) is 3.78. The summed E-state index contributed by atoms with van der Waals surface area (Å²) in [5.74, 6) is -0.405. The average Bonchev–Trinajstić information content (AvgIpc) is 3.20. The number of nitro benzene ring substituents is 1. The molecule has 148 valence electrons. The van der Waals surface area contributed by atoms with Crippen LogP contribution in [-0.4, -0.2) is 28.2 Å². The Morgan fingerprint density at radius 1 is 1.10 bits per heavy atom. The quantitative estimate of drug-likeness (QED) is 0.486. The van der Waals surface area contributed by atoms with Gasteiger partial charge >= 0.3 is 0 Å². The summed E-state index contributed by atoms with van der Waals surface area (Å²) in [7, 11) is 0. The Bertz CT molecular complexity index is 1030. The summed E-state index contributed by atoms with van der Waals surface area (Å²) >= 11 is 0. The summed E-state index contributed by atoms with van der Waals surface area (Å²) in [4.78, 5) is 37.2. The summed E-state index contributed by atoms with van der Waals surface area (Å²) in [6, 6.07) is 16.1. The molecule has 0 aliphatic carbocycles. The highest BCUT2D eigenvalue weighted by Gasteiger charge is 2.22. The van der Waals surface area contributed by atoms with E-state index in [4.69, 9.17) is 4.42 Å². The van der Waals surface area contributed by atoms with Crippen molar-refractivity contribution in [3.63, 3.8) is 0 Å². The van der Waals surface area contributed by atoms with Crippen molar-refractivity contribution in [1.29, 1.82) is 0 Å². The van der Waals surface area contributed by atoms with Crippen LogP contribution in [-0.2, 0) is 11.3 Å². The number of nitrogens with one attached hydrogen (secondary N) is 1. The number of nitrogens with zero attached hydrogens (tertiary/aromatic N) is 2. The molecule has 8 heteroatoms. The number of aryl methyl sites for hydroxylation is 1. The van der Waals surface area contributed by atoms with E-state index in [1.807, 2.05) is 25.1 Å². The monoisotopic (exact) mass is 393 g/mol. The number of benzene rings is 2. The van der Waals surface area contributed by atoms with E-state index in [2.05, 4.69) is 5.32 Å². The van der Waals surface area contributed by atoms with Gasteiger partial charge in [-0.25, -0.2) is 0 Å². The minimum atomic E-state index is -0.571. The number of hydrogen-bond donors (Lipinski definition) is 1. The van der Waals surface area contributed by atoms with Crippen LogP contribution >= 0.6 is 0 Å². The smallest absolute Gasteiger partial charge is 0.270 e. The molecule has 0 saturated carbocycles. The maximum atomic E-state index is 13.0. The second-order valence-corrected chi connectivity index (χ2v) is 6.47. The zero-order valence-electron chi connectivity index (χ0n) is 15.7. The lowest BCUT2D eigenvalue weighted by Gasteiger charge is -2.21. The fourth-order valence-electron chi connectivity index (χ4n) is 2.82. The molecule has 3 aromatic rings. The summed E-state index contributed by atoms with van der Waals surface area (Å²) in [6.45, 7) is 1.72. The highest BCUT2D eigenvalue weighted by Crippen LogP contribution is 2.17. The molecular formula is C21H19N3O5. The minimum Gasteiger partial charge on any atom is -0.467 e. The molecule has 0 bridgehead atoms. The van der Waals surface area contributed by atoms with E-state index in [1.54, 1.807) is 18.2 Å². The lowest BCUT2D eigenvalue weighted by Crippen LogP contribution is -2.37. The van der Waals surface area contributed by atoms with Crippen LogP contribution in [0.1, 0.15) is 21.7 Å². The van der Waals surface area contributed by atoms with E-state index in [0.717, 1.165) is 5.56 Å². The molecule has 3 rings (SSSR count). The molecule has 29 heavy (non-hydrogen) atoms. The van der Waals surface area contributed by atoms with Crippen molar-refractivity contribution in [1.82, 2.24) is 4.90 Å². The van der Waals surface area contributed by atoms with Crippen molar-refractivity contribution in [3.05, 3.63) is 93.9 Å². The van der Waals surface area contributed by atoms with Gasteiger partial charge in [-0.3, -0.25) is 19.7 Å². The van der Waals surface area contributed by atoms with Gasteiger partial charge in [0.1, 0.15) is 12.3 Å². The molecule has 0 unspecified atom stereocenters. The molecule has 2 amide bonds. The van der Waals surface area contributed by atoms with Gasteiger partial charge in [-0.05, 0) is 42.8 Å². The Morgan fingerprint density at radius 3 is 2.59 bits per heavy atom. The molecule has 0 radical (unpaired) electrons. The predicted molar refractivity (Wildman–Crippen MR) is 106 cm³/mol. The van der Waals surface area contributed by atoms with E-state index in [1.165, 1.54) is 35.4 Å². The Kier molecular flexibility index (Phi) is 6.03. The van der Waals surface area contributed by atoms with Crippen LogP contribution in [0.4, 0.5) is 11.4 Å². The van der Waals surface area contributed by atoms with Crippen molar-refractivity contribution in [2.75, 3.05) is 11.9 Å². The number of rotatable bonds is 7. The third kappa shape index (κ3) is 5.29. The fourth-order valence-corrected chi connectivity index (χ4v) is 2.82. The number of amides is 2. The molecule has 0 spiro atoms. The van der Waals surface area contributed by atoms with E-state index in [0.29, 0.717) is 11.4 Å². The molecule has 8 nitrogen and oxygen atoms in total. The number of anilines is 1. The van der Waals surface area contributed by atoms with Crippen molar-refractivity contribution in [2.24, 2.45) is 0 Å². The molecule has 0 atom stereocenters. The van der Waals surface area contributed by atoms with E-state index < -0.39 is 10.8 Å². The normalized spacial score (nSPS) is 10.4. The molecule has 2 aromatic carbocycles. The van der Waals surface area contributed by atoms with Crippen LogP contribution in [0.15, 0.2) is 71.3 Å². The number of carbonyl (C=O) groups excluding carboxylic acids is 2. The highest BCUT2D eigenvalue weighted by atomic mass is 16.6. The van der Waals surface area contributed by atoms with E-state index >= 15 is 0 Å². The summed E-state index contributed by atoms with van der Waals surface area (Å²) in [5.41, 5.74) is 1.53. The van der Waals surface area contributed by atoms with Gasteiger partial charge in [0, 0.05) is 23.4 Å². The SMILES string of the molecule is Cc1cccc(NC(=O)CN(Cc2ccco2)C(=O)c2cccc([N+](=O)[O-])c2)c1. The summed E-state index contributed by atoms with van der Waals surface area (Å²) in [5, 5.41) is 13.8. The van der Waals surface area contributed by atoms with Crippen LogP contribution < -0.4 is 5.32 Å². The van der Waals surface area contributed by atoms with Crippen LogP contribution in [0.5, 0.6) is 0 Å². The van der Waals surface area contributed by atoms with Gasteiger partial charge in [0.15, 0.2) is 0 Å². The van der Waals surface area contributed by atoms with Gasteiger partial charge < -0.3 is 14.6 Å². The minimum absolute atomic E-state index is 0.0514. The third-order valence-corrected chi connectivity index (χ3v) is 4.15. The molecule has 0 aliphatic rings. The zero-order chi connectivity index (χ0) is 20.8. The van der Waals surface area contributed by atoms with Crippen molar-refractivity contribution >= 4 is 23.2 Å². The lowest BCUT2D eigenvalue weighted by molar-refractivity contribution is -0.384. The first-order valence-electron chi connectivity index (χ1n) is 8.85. The van der Waals surface area contributed by atoms with Gasteiger partial charge in [-0.2, -0.15) is 0 Å². The number of furan rings is 1. The molecule has 0 saturated heterocycles. The number of nitro groups is 1. The Hall–Kier alpha value is -3.94. The van der Waals surface area contributed by atoms with Crippen LogP contribution in [0.2, 0.25) is 0 Å². The van der Waals surface area contributed by atoms with Crippen molar-refractivity contribution < 1.29 is 18.9 Å². The maximum absolute atomic E-state index is 13.0. The third-order valence-electron chi connectivity index (χ3n) is 4.15. The highest BCUT2D eigenvalue weighted by molar-refractivity contribution is 5.99. The molecule has 1 heterocycles. The first-order valence-corrected chi connectivity index (χ1v) is 8.85. The van der Waals surface area contributed by atoms with Gasteiger partial charge in [0.2, 0.25) is 5.91 Å². The first-order chi connectivity index (χ1) is 13.9. The summed E-state index contributed by atoms with van der Waals surface area (Å²) < 4.78 is 5.29. The Labute approximate surface area is 166 Å². The van der Waals surface area contributed by atoms with Crippen molar-refractivity contribution in [2.45, 2.75) is 13.5 Å². The lowest BCUT2D eigenvalue weighted by atomic mass is 10.1. The number of carbonyl (C=O) groups is 2. The van der Waals surface area contributed by atoms with Crippen LogP contribution in [0.3, 0.4) is 0 Å². The zero-order valence-corrected chi connectivity index (χ0v) is 15.7. The van der Waals surface area contributed by atoms with E-state index in [9.17, 15) is 19.7 Å². The maximum Gasteiger partial charge on any atom is 0.270 e. The number of hydrogen-bond acceptors (Lipinski definition) is 5. The largest absolute Gasteiger partial charge is 0.467 e. The van der Waals surface area contributed by atoms with E-state index in [-0.39, 0.29) is 30.2 Å².